The number of carbonyl (C=O) groups excluding carboxylic acids is 1. The van der Waals surface area contributed by atoms with Crippen LogP contribution in [0, 0.1) is 0 Å². The van der Waals surface area contributed by atoms with E-state index in [1.165, 1.54) is 0 Å². The summed E-state index contributed by atoms with van der Waals surface area (Å²) in [5, 5.41) is 19.5. The van der Waals surface area contributed by atoms with Gasteiger partial charge in [0.15, 0.2) is 0 Å². The van der Waals surface area contributed by atoms with Gasteiger partial charge in [-0.05, 0) is 104 Å². The van der Waals surface area contributed by atoms with Crippen LogP contribution in [0.5, 0.6) is 5.75 Å². The van der Waals surface area contributed by atoms with Crippen molar-refractivity contribution in [3.63, 3.8) is 0 Å². The first kappa shape index (κ1) is 36.4. The highest BCUT2D eigenvalue weighted by molar-refractivity contribution is 7.99. The quantitative estimate of drug-likeness (QED) is 0.0700. The third-order valence-electron chi connectivity index (χ3n) is 9.33. The SMILES string of the molecule is O=C(CCCSc1ccc(Cl)c(COC2(c3cnccc3-c3ccccc3OC3CC3)CC2)c1)N(CCCCC(O)CO)Cc1ccccc1. The number of amides is 1. The first-order valence-electron chi connectivity index (χ1n) is 17.8. The minimum atomic E-state index is -0.700. The van der Waals surface area contributed by atoms with E-state index >= 15 is 0 Å². The Bertz CT molecular complexity index is 1700. The number of rotatable bonds is 20. The third kappa shape index (κ3) is 10.1. The average Bonchev–Trinajstić information content (AvgIpc) is 4.09. The third-order valence-corrected chi connectivity index (χ3v) is 10.8. The van der Waals surface area contributed by atoms with E-state index in [9.17, 15) is 9.90 Å². The first-order valence-corrected chi connectivity index (χ1v) is 19.2. The van der Waals surface area contributed by atoms with Gasteiger partial charge in [0.2, 0.25) is 5.91 Å². The monoisotopic (exact) mass is 714 g/mol. The maximum atomic E-state index is 13.3. The van der Waals surface area contributed by atoms with Gasteiger partial charge >= 0.3 is 0 Å². The van der Waals surface area contributed by atoms with Crippen LogP contribution < -0.4 is 4.74 Å². The highest BCUT2D eigenvalue weighted by atomic mass is 35.5. The maximum Gasteiger partial charge on any atom is 0.222 e. The van der Waals surface area contributed by atoms with Crippen molar-refractivity contribution in [1.82, 2.24) is 9.88 Å². The lowest BCUT2D eigenvalue weighted by molar-refractivity contribution is -0.131. The fraction of sp³-hybridized carbons (Fsp3) is 0.415. The normalized spacial score (nSPS) is 15.4. The molecule has 6 rings (SSSR count). The molecule has 2 aliphatic rings. The summed E-state index contributed by atoms with van der Waals surface area (Å²) in [5.41, 5.74) is 4.89. The Labute approximate surface area is 305 Å². The molecule has 1 unspecified atom stereocenters. The first-order chi connectivity index (χ1) is 24.4. The molecule has 2 aliphatic carbocycles. The Balaban J connectivity index is 1.03. The molecular weight excluding hydrogens is 668 g/mol. The fourth-order valence-corrected chi connectivity index (χ4v) is 7.25. The van der Waals surface area contributed by atoms with Crippen molar-refractivity contribution in [2.45, 2.75) is 93.6 Å². The number of carbonyl (C=O) groups is 1. The number of ether oxygens (including phenoxy) is 2. The van der Waals surface area contributed by atoms with Crippen LogP contribution >= 0.6 is 23.4 Å². The van der Waals surface area contributed by atoms with E-state index in [0.29, 0.717) is 43.7 Å². The summed E-state index contributed by atoms with van der Waals surface area (Å²) in [6, 6.07) is 26.4. The standard InChI is InChI=1S/C41H47ClN2O5S/c42-38-18-17-34(50-24-8-14-40(47)44(23-7-6-11-32(46)28-45)27-30-9-2-1-3-10-30)25-31(38)29-48-41(20-21-41)37-26-43-22-19-35(37)36-12-4-5-13-39(36)49-33-15-16-33/h1-5,9-10,12-13,17-19,22,25-26,32-33,45-46H,6-8,11,14-16,20-21,23-24,27-29H2. The lowest BCUT2D eigenvalue weighted by atomic mass is 9.96. The molecule has 0 bridgehead atoms. The molecule has 2 saturated carbocycles. The van der Waals surface area contributed by atoms with Gasteiger partial charge in [-0.15, -0.1) is 11.8 Å². The molecule has 0 spiro atoms. The number of aliphatic hydroxyl groups is 2. The molecule has 4 aromatic rings. The Morgan fingerprint density at radius 2 is 1.80 bits per heavy atom. The number of aromatic nitrogens is 1. The number of halogens is 1. The summed E-state index contributed by atoms with van der Waals surface area (Å²) in [6.07, 6.45) is 10.7. The molecule has 9 heteroatoms. The van der Waals surface area contributed by atoms with E-state index in [0.717, 1.165) is 89.2 Å². The van der Waals surface area contributed by atoms with Gasteiger partial charge in [-0.25, -0.2) is 0 Å². The van der Waals surface area contributed by atoms with Crippen LogP contribution in [0.15, 0.2) is 96.2 Å². The van der Waals surface area contributed by atoms with Gasteiger partial charge in [-0.2, -0.15) is 0 Å². The number of aliphatic hydroxyl groups excluding tert-OH is 2. The highest BCUT2D eigenvalue weighted by Crippen LogP contribution is 2.53. The van der Waals surface area contributed by atoms with Crippen LogP contribution in [-0.2, 0) is 28.3 Å². The number of benzene rings is 3. The zero-order valence-corrected chi connectivity index (χ0v) is 30.1. The summed E-state index contributed by atoms with van der Waals surface area (Å²) in [7, 11) is 0. The number of hydrogen-bond donors (Lipinski definition) is 2. The fourth-order valence-electron chi connectivity index (χ4n) is 6.16. The van der Waals surface area contributed by atoms with Crippen LogP contribution in [0.4, 0.5) is 0 Å². The Morgan fingerprint density at radius 3 is 2.58 bits per heavy atom. The van der Waals surface area contributed by atoms with Crippen molar-refractivity contribution < 1.29 is 24.5 Å². The Hall–Kier alpha value is -3.40. The molecule has 1 atom stereocenters. The minimum absolute atomic E-state index is 0.133. The van der Waals surface area contributed by atoms with Crippen LogP contribution in [-0.4, -0.2) is 57.1 Å². The van der Waals surface area contributed by atoms with Crippen molar-refractivity contribution in [2.24, 2.45) is 0 Å². The molecule has 2 fully saturated rings. The molecule has 2 N–H and O–H groups in total. The van der Waals surface area contributed by atoms with Gasteiger partial charge in [0, 0.05) is 52.9 Å². The van der Waals surface area contributed by atoms with Crippen molar-refractivity contribution in [1.29, 1.82) is 0 Å². The summed E-state index contributed by atoms with van der Waals surface area (Å²) < 4.78 is 12.9. The van der Waals surface area contributed by atoms with Gasteiger partial charge < -0.3 is 24.6 Å². The molecule has 1 amide bonds. The Morgan fingerprint density at radius 1 is 1.00 bits per heavy atom. The molecule has 3 aromatic carbocycles. The van der Waals surface area contributed by atoms with Crippen LogP contribution in [0.1, 0.15) is 74.5 Å². The van der Waals surface area contributed by atoms with Gasteiger partial charge in [0.1, 0.15) is 5.75 Å². The van der Waals surface area contributed by atoms with Gasteiger partial charge in [-0.3, -0.25) is 9.78 Å². The molecule has 0 aliphatic heterocycles. The highest BCUT2D eigenvalue weighted by Gasteiger charge is 2.47. The van der Waals surface area contributed by atoms with Crippen LogP contribution in [0.3, 0.4) is 0 Å². The smallest absolute Gasteiger partial charge is 0.222 e. The largest absolute Gasteiger partial charge is 0.490 e. The number of pyridine rings is 1. The maximum absolute atomic E-state index is 13.3. The molecule has 0 radical (unpaired) electrons. The lowest BCUT2D eigenvalue weighted by Crippen LogP contribution is -2.31. The van der Waals surface area contributed by atoms with E-state index in [1.54, 1.807) is 11.8 Å². The predicted molar refractivity (Wildman–Crippen MR) is 199 cm³/mol. The molecule has 7 nitrogen and oxygen atoms in total. The topological polar surface area (TPSA) is 92.1 Å². The van der Waals surface area contributed by atoms with Gasteiger partial charge in [-0.1, -0.05) is 60.1 Å². The Kier molecular flexibility index (Phi) is 12.9. The van der Waals surface area contributed by atoms with E-state index < -0.39 is 11.7 Å². The van der Waals surface area contributed by atoms with Crippen LogP contribution in [0.2, 0.25) is 5.02 Å². The van der Waals surface area contributed by atoms with E-state index in [-0.39, 0.29) is 12.5 Å². The lowest BCUT2D eigenvalue weighted by Gasteiger charge is -2.23. The van der Waals surface area contributed by atoms with E-state index in [1.807, 2.05) is 71.9 Å². The number of unbranched alkanes of at least 4 members (excludes halogenated alkanes) is 1. The average molecular weight is 715 g/mol. The molecule has 1 heterocycles. The van der Waals surface area contributed by atoms with Gasteiger partial charge in [0.25, 0.3) is 0 Å². The molecule has 264 valence electrons. The second-order valence-electron chi connectivity index (χ2n) is 13.4. The predicted octanol–water partition coefficient (Wildman–Crippen LogP) is 8.57. The number of hydrogen-bond acceptors (Lipinski definition) is 7. The second-order valence-corrected chi connectivity index (χ2v) is 14.9. The number of thioether (sulfide) groups is 1. The molecule has 0 saturated heterocycles. The van der Waals surface area contributed by atoms with E-state index in [2.05, 4.69) is 29.2 Å². The van der Waals surface area contributed by atoms with Crippen LogP contribution in [0.25, 0.3) is 11.1 Å². The van der Waals surface area contributed by atoms with Gasteiger partial charge in [0.05, 0.1) is 31.0 Å². The van der Waals surface area contributed by atoms with E-state index in [4.69, 9.17) is 26.2 Å². The summed E-state index contributed by atoms with van der Waals surface area (Å²) >= 11 is 8.41. The van der Waals surface area contributed by atoms with Crippen molar-refractivity contribution in [2.75, 3.05) is 18.9 Å². The zero-order chi connectivity index (χ0) is 34.8. The number of para-hydroxylation sites is 1. The summed E-state index contributed by atoms with van der Waals surface area (Å²) in [5.74, 6) is 1.85. The van der Waals surface area contributed by atoms with Crippen molar-refractivity contribution >= 4 is 29.3 Å². The zero-order valence-electron chi connectivity index (χ0n) is 28.5. The minimum Gasteiger partial charge on any atom is -0.490 e. The number of nitrogens with zero attached hydrogens (tertiary/aromatic N) is 2. The summed E-state index contributed by atoms with van der Waals surface area (Å²) in [4.78, 5) is 20.8. The van der Waals surface area contributed by atoms with Crippen molar-refractivity contribution in [3.05, 3.63) is 113 Å². The second kappa shape index (κ2) is 17.7. The van der Waals surface area contributed by atoms with Crippen molar-refractivity contribution in [3.8, 4) is 16.9 Å². The summed E-state index contributed by atoms with van der Waals surface area (Å²) in [6.45, 7) is 1.36. The molecular formula is C41H47ClN2O5S. The molecule has 1 aromatic heterocycles. The molecule has 50 heavy (non-hydrogen) atoms.